The molecular weight excluding hydrogens is 290 g/mol. The third-order valence-electron chi connectivity index (χ3n) is 4.13. The zero-order valence-electron chi connectivity index (χ0n) is 11.9. The summed E-state index contributed by atoms with van der Waals surface area (Å²) in [7, 11) is -3.43. The molecule has 0 unspecified atom stereocenters. The van der Waals surface area contributed by atoms with E-state index < -0.39 is 10.0 Å². The van der Waals surface area contributed by atoms with E-state index in [1.54, 1.807) is 28.6 Å². The fraction of sp³-hybridized carbons (Fsp3) is 0.500. The van der Waals surface area contributed by atoms with Crippen LogP contribution in [0.4, 0.5) is 5.69 Å². The molecule has 21 heavy (non-hydrogen) atoms. The van der Waals surface area contributed by atoms with Crippen molar-refractivity contribution in [3.05, 3.63) is 24.3 Å². The van der Waals surface area contributed by atoms with Crippen LogP contribution in [0.1, 0.15) is 13.3 Å². The Morgan fingerprint density at radius 2 is 2.05 bits per heavy atom. The van der Waals surface area contributed by atoms with Crippen molar-refractivity contribution < 1.29 is 13.2 Å². The number of carbonyl (C=O) groups excluding carboxylic acids is 1. The number of amides is 1. The van der Waals surface area contributed by atoms with Crippen LogP contribution in [-0.4, -0.2) is 44.3 Å². The van der Waals surface area contributed by atoms with Gasteiger partial charge in [-0.1, -0.05) is 0 Å². The largest absolute Gasteiger partial charge is 0.326 e. The maximum atomic E-state index is 12.6. The van der Waals surface area contributed by atoms with E-state index >= 15 is 0 Å². The third kappa shape index (κ3) is 2.68. The molecule has 2 fully saturated rings. The standard InChI is InChI=1S/C14H19N3O3S/c1-10(18)16-12-2-4-13(5-3-12)21(19,20)17-9-11-8-15-7-6-14(11)17/h2-5,11,14-15H,6-9H2,1H3,(H,16,18)/t11-,14-/m0/s1. The van der Waals surface area contributed by atoms with Crippen LogP contribution in [-0.2, 0) is 14.8 Å². The molecule has 0 spiro atoms. The molecule has 0 radical (unpaired) electrons. The van der Waals surface area contributed by atoms with Crippen molar-refractivity contribution in [3.8, 4) is 0 Å². The number of nitrogens with zero attached hydrogens (tertiary/aromatic N) is 1. The Bertz CT molecular complexity index is 642. The summed E-state index contributed by atoms with van der Waals surface area (Å²) in [4.78, 5) is 11.3. The summed E-state index contributed by atoms with van der Waals surface area (Å²) in [5.74, 6) is 0.262. The van der Waals surface area contributed by atoms with Crippen molar-refractivity contribution >= 4 is 21.6 Å². The lowest BCUT2D eigenvalue weighted by atomic mass is 9.86. The van der Waals surface area contributed by atoms with Gasteiger partial charge in [0.15, 0.2) is 0 Å². The van der Waals surface area contributed by atoms with Crippen LogP contribution in [0.15, 0.2) is 29.2 Å². The molecule has 0 saturated carbocycles. The first-order chi connectivity index (χ1) is 9.98. The average molecular weight is 309 g/mol. The van der Waals surface area contributed by atoms with E-state index in [0.29, 0.717) is 18.2 Å². The molecule has 1 aromatic carbocycles. The van der Waals surface area contributed by atoms with Gasteiger partial charge in [-0.25, -0.2) is 8.42 Å². The fourth-order valence-electron chi connectivity index (χ4n) is 3.03. The number of nitrogens with one attached hydrogen (secondary N) is 2. The Kier molecular flexibility index (Phi) is 3.73. The second-order valence-corrected chi connectivity index (χ2v) is 7.49. The van der Waals surface area contributed by atoms with E-state index in [4.69, 9.17) is 0 Å². The molecule has 0 aliphatic carbocycles. The molecule has 2 N–H and O–H groups in total. The lowest BCUT2D eigenvalue weighted by Gasteiger charge is -2.49. The highest BCUT2D eigenvalue weighted by Gasteiger charge is 2.46. The van der Waals surface area contributed by atoms with Gasteiger partial charge in [0.05, 0.1) is 4.90 Å². The zero-order valence-corrected chi connectivity index (χ0v) is 12.7. The molecule has 114 valence electrons. The van der Waals surface area contributed by atoms with Crippen molar-refractivity contribution in [2.45, 2.75) is 24.3 Å². The predicted octanol–water partition coefficient (Wildman–Crippen LogP) is 0.627. The number of carbonyl (C=O) groups is 1. The van der Waals surface area contributed by atoms with E-state index in [1.165, 1.54) is 6.92 Å². The molecule has 2 aliphatic rings. The highest BCUT2D eigenvalue weighted by Crippen LogP contribution is 2.34. The highest BCUT2D eigenvalue weighted by atomic mass is 32.2. The van der Waals surface area contributed by atoms with Crippen molar-refractivity contribution in [1.29, 1.82) is 0 Å². The molecule has 7 heteroatoms. The van der Waals surface area contributed by atoms with Gasteiger partial charge in [0.2, 0.25) is 15.9 Å². The van der Waals surface area contributed by atoms with Gasteiger partial charge in [-0.15, -0.1) is 0 Å². The number of rotatable bonds is 3. The minimum atomic E-state index is -3.43. The Balaban J connectivity index is 1.77. The van der Waals surface area contributed by atoms with Gasteiger partial charge in [-0.3, -0.25) is 4.79 Å². The van der Waals surface area contributed by atoms with Crippen LogP contribution in [0, 0.1) is 5.92 Å². The number of piperidine rings is 1. The number of sulfonamides is 1. The van der Waals surface area contributed by atoms with Crippen molar-refractivity contribution in [1.82, 2.24) is 9.62 Å². The Morgan fingerprint density at radius 1 is 1.33 bits per heavy atom. The van der Waals surface area contributed by atoms with Crippen molar-refractivity contribution in [2.24, 2.45) is 5.92 Å². The monoisotopic (exact) mass is 309 g/mol. The van der Waals surface area contributed by atoms with Crippen LogP contribution in [0.2, 0.25) is 0 Å². The van der Waals surface area contributed by atoms with Crippen LogP contribution < -0.4 is 10.6 Å². The summed E-state index contributed by atoms with van der Waals surface area (Å²) in [5.41, 5.74) is 0.602. The molecule has 0 aromatic heterocycles. The smallest absolute Gasteiger partial charge is 0.243 e. The first-order valence-corrected chi connectivity index (χ1v) is 8.53. The van der Waals surface area contributed by atoms with Gasteiger partial charge in [0.1, 0.15) is 0 Å². The summed E-state index contributed by atoms with van der Waals surface area (Å²) < 4.78 is 26.8. The summed E-state index contributed by atoms with van der Waals surface area (Å²) in [5, 5.41) is 5.92. The van der Waals surface area contributed by atoms with Crippen molar-refractivity contribution in [2.75, 3.05) is 25.0 Å². The summed E-state index contributed by atoms with van der Waals surface area (Å²) in [6.45, 7) is 3.78. The van der Waals surface area contributed by atoms with E-state index in [2.05, 4.69) is 10.6 Å². The van der Waals surface area contributed by atoms with Crippen molar-refractivity contribution in [3.63, 3.8) is 0 Å². The second kappa shape index (κ2) is 5.40. The van der Waals surface area contributed by atoms with E-state index in [-0.39, 0.29) is 16.8 Å². The molecule has 0 bridgehead atoms. The molecule has 1 aromatic rings. The number of benzene rings is 1. The van der Waals surface area contributed by atoms with E-state index in [9.17, 15) is 13.2 Å². The normalized spacial score (nSPS) is 25.8. The molecule has 2 aliphatic heterocycles. The SMILES string of the molecule is CC(=O)Nc1ccc(S(=O)(=O)N2C[C@@H]3CNCC[C@@H]32)cc1. The Morgan fingerprint density at radius 3 is 2.67 bits per heavy atom. The fourth-order valence-corrected chi connectivity index (χ4v) is 4.80. The lowest BCUT2D eigenvalue weighted by Crippen LogP contribution is -2.64. The van der Waals surface area contributed by atoms with Crippen LogP contribution in [0.5, 0.6) is 0 Å². The van der Waals surface area contributed by atoms with Crippen LogP contribution in [0.25, 0.3) is 0 Å². The molecule has 2 heterocycles. The zero-order chi connectivity index (χ0) is 15.0. The summed E-state index contributed by atoms with van der Waals surface area (Å²) in [6, 6.07) is 6.47. The van der Waals surface area contributed by atoms with E-state index in [0.717, 1.165) is 19.5 Å². The number of anilines is 1. The van der Waals surface area contributed by atoms with Gasteiger partial charge < -0.3 is 10.6 Å². The molecule has 2 saturated heterocycles. The lowest BCUT2D eigenvalue weighted by molar-refractivity contribution is -0.114. The maximum absolute atomic E-state index is 12.6. The van der Waals surface area contributed by atoms with Gasteiger partial charge in [-0.2, -0.15) is 4.31 Å². The quantitative estimate of drug-likeness (QED) is 0.858. The second-order valence-electron chi connectivity index (χ2n) is 5.60. The van der Waals surface area contributed by atoms with Gasteiger partial charge in [0, 0.05) is 37.7 Å². The first-order valence-electron chi connectivity index (χ1n) is 7.09. The predicted molar refractivity (Wildman–Crippen MR) is 79.4 cm³/mol. The minimum absolute atomic E-state index is 0.131. The molecule has 2 atom stereocenters. The molecular formula is C14H19N3O3S. The van der Waals surface area contributed by atoms with Crippen LogP contribution >= 0.6 is 0 Å². The van der Waals surface area contributed by atoms with Gasteiger partial charge in [0.25, 0.3) is 0 Å². The summed E-state index contributed by atoms with van der Waals surface area (Å²) in [6.07, 6.45) is 0.869. The molecule has 3 rings (SSSR count). The first kappa shape index (κ1) is 14.5. The number of hydrogen-bond donors (Lipinski definition) is 2. The number of fused-ring (bicyclic) bond motifs is 1. The van der Waals surface area contributed by atoms with E-state index in [1.807, 2.05) is 0 Å². The number of hydrogen-bond acceptors (Lipinski definition) is 4. The maximum Gasteiger partial charge on any atom is 0.243 e. The summed E-state index contributed by atoms with van der Waals surface area (Å²) >= 11 is 0. The minimum Gasteiger partial charge on any atom is -0.326 e. The molecule has 6 nitrogen and oxygen atoms in total. The average Bonchev–Trinajstić information content (AvgIpc) is 2.40. The Labute approximate surface area is 124 Å². The highest BCUT2D eigenvalue weighted by molar-refractivity contribution is 7.89. The van der Waals surface area contributed by atoms with Gasteiger partial charge in [-0.05, 0) is 37.2 Å². The Hall–Kier alpha value is -1.44. The molecule has 1 amide bonds. The van der Waals surface area contributed by atoms with Crippen LogP contribution in [0.3, 0.4) is 0 Å². The third-order valence-corrected chi connectivity index (χ3v) is 6.04. The van der Waals surface area contributed by atoms with Gasteiger partial charge >= 0.3 is 0 Å². The topological polar surface area (TPSA) is 78.5 Å².